The number of benzene rings is 2. The molecule has 98 valence electrons. The number of hydrogen-bond donors (Lipinski definition) is 1. The van der Waals surface area contributed by atoms with Crippen LogP contribution in [0.2, 0.25) is 5.02 Å². The van der Waals surface area contributed by atoms with Gasteiger partial charge >= 0.3 is 0 Å². The molecule has 0 spiro atoms. The van der Waals surface area contributed by atoms with Crippen LogP contribution in [-0.4, -0.2) is 18.1 Å². The van der Waals surface area contributed by atoms with Crippen molar-refractivity contribution in [2.45, 2.75) is 6.92 Å². The van der Waals surface area contributed by atoms with Gasteiger partial charge in [-0.2, -0.15) is 0 Å². The predicted octanol–water partition coefficient (Wildman–Crippen LogP) is 3.63. The van der Waals surface area contributed by atoms with E-state index in [-0.39, 0.29) is 11.7 Å². The topological polar surface area (TPSA) is 40.5 Å². The van der Waals surface area contributed by atoms with Crippen molar-refractivity contribution in [1.82, 2.24) is 0 Å². The Balaban J connectivity index is 2.33. The van der Waals surface area contributed by atoms with E-state index in [0.29, 0.717) is 16.3 Å². The lowest BCUT2D eigenvalue weighted by molar-refractivity contribution is 0.0993. The van der Waals surface area contributed by atoms with Crippen molar-refractivity contribution in [3.05, 3.63) is 58.6 Å². The fourth-order valence-electron chi connectivity index (χ4n) is 1.79. The normalized spacial score (nSPS) is 10.3. The maximum atomic E-state index is 12.4. The lowest BCUT2D eigenvalue weighted by Crippen LogP contribution is -2.26. The van der Waals surface area contributed by atoms with Gasteiger partial charge in [0.1, 0.15) is 5.75 Å². The van der Waals surface area contributed by atoms with Crippen LogP contribution in [-0.2, 0) is 0 Å². The number of aryl methyl sites for hydroxylation is 1. The van der Waals surface area contributed by atoms with Gasteiger partial charge in [0.05, 0.1) is 10.6 Å². The van der Waals surface area contributed by atoms with E-state index in [2.05, 4.69) is 0 Å². The van der Waals surface area contributed by atoms with E-state index in [1.54, 1.807) is 31.3 Å². The SMILES string of the molecule is Cc1cccc(C(=O)N(C)c2ccc(O)cc2)c1Cl. The summed E-state index contributed by atoms with van der Waals surface area (Å²) in [7, 11) is 1.67. The molecule has 2 rings (SSSR count). The average molecular weight is 276 g/mol. The number of aromatic hydroxyl groups is 1. The first-order valence-corrected chi connectivity index (χ1v) is 6.20. The minimum Gasteiger partial charge on any atom is -0.508 e. The van der Waals surface area contributed by atoms with E-state index >= 15 is 0 Å². The van der Waals surface area contributed by atoms with Crippen molar-refractivity contribution in [1.29, 1.82) is 0 Å². The molecule has 19 heavy (non-hydrogen) atoms. The van der Waals surface area contributed by atoms with Crippen LogP contribution in [0.15, 0.2) is 42.5 Å². The van der Waals surface area contributed by atoms with Gasteiger partial charge in [-0.15, -0.1) is 0 Å². The Bertz CT molecular complexity index is 608. The first kappa shape index (κ1) is 13.4. The van der Waals surface area contributed by atoms with Crippen LogP contribution in [0.4, 0.5) is 5.69 Å². The van der Waals surface area contributed by atoms with Crippen molar-refractivity contribution >= 4 is 23.2 Å². The maximum Gasteiger partial charge on any atom is 0.259 e. The molecule has 0 heterocycles. The predicted molar refractivity (Wildman–Crippen MR) is 77.0 cm³/mol. The number of carbonyl (C=O) groups excluding carboxylic acids is 1. The minimum atomic E-state index is -0.181. The summed E-state index contributed by atoms with van der Waals surface area (Å²) in [5, 5.41) is 9.72. The Hall–Kier alpha value is -2.00. The number of rotatable bonds is 2. The molecule has 0 atom stereocenters. The summed E-state index contributed by atoms with van der Waals surface area (Å²) in [4.78, 5) is 13.9. The van der Waals surface area contributed by atoms with Crippen LogP contribution in [0.1, 0.15) is 15.9 Å². The molecule has 1 amide bonds. The van der Waals surface area contributed by atoms with E-state index in [1.165, 1.54) is 17.0 Å². The second-order valence-electron chi connectivity index (χ2n) is 4.32. The van der Waals surface area contributed by atoms with Gasteiger partial charge in [0.2, 0.25) is 0 Å². The van der Waals surface area contributed by atoms with Gasteiger partial charge < -0.3 is 10.0 Å². The summed E-state index contributed by atoms with van der Waals surface area (Å²) < 4.78 is 0. The van der Waals surface area contributed by atoms with E-state index in [4.69, 9.17) is 11.6 Å². The Kier molecular flexibility index (Phi) is 3.76. The summed E-state index contributed by atoms with van der Waals surface area (Å²) in [6.07, 6.45) is 0. The molecule has 0 unspecified atom stereocenters. The van der Waals surface area contributed by atoms with E-state index in [1.807, 2.05) is 13.0 Å². The molecule has 0 fully saturated rings. The average Bonchev–Trinajstić information content (AvgIpc) is 2.41. The molecule has 0 radical (unpaired) electrons. The number of carbonyl (C=O) groups is 1. The van der Waals surface area contributed by atoms with Crippen LogP contribution in [0.5, 0.6) is 5.75 Å². The highest BCUT2D eigenvalue weighted by molar-refractivity contribution is 6.35. The minimum absolute atomic E-state index is 0.165. The number of hydrogen-bond acceptors (Lipinski definition) is 2. The van der Waals surface area contributed by atoms with E-state index in [9.17, 15) is 9.90 Å². The van der Waals surface area contributed by atoms with Crippen molar-refractivity contribution < 1.29 is 9.90 Å². The Morgan fingerprint density at radius 3 is 2.42 bits per heavy atom. The molecule has 2 aromatic rings. The van der Waals surface area contributed by atoms with Gasteiger partial charge in [-0.25, -0.2) is 0 Å². The molecule has 3 nitrogen and oxygen atoms in total. The van der Waals surface area contributed by atoms with E-state index < -0.39 is 0 Å². The quantitative estimate of drug-likeness (QED) is 0.909. The molecule has 0 bridgehead atoms. The highest BCUT2D eigenvalue weighted by atomic mass is 35.5. The number of amides is 1. The summed E-state index contributed by atoms with van der Waals surface area (Å²) in [6.45, 7) is 1.86. The van der Waals surface area contributed by atoms with Crippen molar-refractivity contribution in [3.63, 3.8) is 0 Å². The molecule has 0 saturated carbocycles. The molecule has 0 aliphatic rings. The molecule has 0 saturated heterocycles. The molecule has 2 aromatic carbocycles. The highest BCUT2D eigenvalue weighted by Crippen LogP contribution is 2.24. The zero-order chi connectivity index (χ0) is 14.0. The van der Waals surface area contributed by atoms with Crippen LogP contribution in [0.3, 0.4) is 0 Å². The van der Waals surface area contributed by atoms with Crippen LogP contribution in [0.25, 0.3) is 0 Å². The first-order chi connectivity index (χ1) is 9.00. The zero-order valence-corrected chi connectivity index (χ0v) is 11.5. The lowest BCUT2D eigenvalue weighted by Gasteiger charge is -2.18. The number of phenolic OH excluding ortho intramolecular Hbond substituents is 1. The summed E-state index contributed by atoms with van der Waals surface area (Å²) in [6, 6.07) is 11.8. The summed E-state index contributed by atoms with van der Waals surface area (Å²) in [5.74, 6) is -0.0161. The van der Waals surface area contributed by atoms with Crippen LogP contribution < -0.4 is 4.90 Å². The zero-order valence-electron chi connectivity index (χ0n) is 10.7. The van der Waals surface area contributed by atoms with Crippen LogP contribution in [0, 0.1) is 6.92 Å². The molecule has 0 aliphatic heterocycles. The van der Waals surface area contributed by atoms with Gasteiger partial charge in [0.15, 0.2) is 0 Å². The largest absolute Gasteiger partial charge is 0.508 e. The number of halogens is 1. The van der Waals surface area contributed by atoms with Crippen molar-refractivity contribution in [3.8, 4) is 5.75 Å². The molecular weight excluding hydrogens is 262 g/mol. The number of anilines is 1. The maximum absolute atomic E-state index is 12.4. The summed E-state index contributed by atoms with van der Waals surface area (Å²) >= 11 is 6.16. The smallest absolute Gasteiger partial charge is 0.259 e. The third-order valence-electron chi connectivity index (χ3n) is 2.96. The van der Waals surface area contributed by atoms with Gasteiger partial charge in [-0.05, 0) is 42.8 Å². The second-order valence-corrected chi connectivity index (χ2v) is 4.69. The fourth-order valence-corrected chi connectivity index (χ4v) is 1.99. The van der Waals surface area contributed by atoms with Crippen molar-refractivity contribution in [2.24, 2.45) is 0 Å². The monoisotopic (exact) mass is 275 g/mol. The summed E-state index contributed by atoms with van der Waals surface area (Å²) in [5.41, 5.74) is 2.03. The lowest BCUT2D eigenvalue weighted by atomic mass is 10.1. The Labute approximate surface area is 117 Å². The Morgan fingerprint density at radius 2 is 1.79 bits per heavy atom. The fraction of sp³-hybridized carbons (Fsp3) is 0.133. The first-order valence-electron chi connectivity index (χ1n) is 5.83. The number of phenols is 1. The standard InChI is InChI=1S/C15H14ClNO2/c1-10-4-3-5-13(14(10)16)15(19)17(2)11-6-8-12(18)9-7-11/h3-9,18H,1-2H3. The van der Waals surface area contributed by atoms with Gasteiger partial charge in [-0.3, -0.25) is 4.79 Å². The van der Waals surface area contributed by atoms with E-state index in [0.717, 1.165) is 5.56 Å². The molecule has 4 heteroatoms. The molecule has 0 aliphatic carbocycles. The molecule has 0 aromatic heterocycles. The van der Waals surface area contributed by atoms with Crippen LogP contribution >= 0.6 is 11.6 Å². The van der Waals surface area contributed by atoms with Crippen molar-refractivity contribution in [2.75, 3.05) is 11.9 Å². The van der Waals surface area contributed by atoms with Gasteiger partial charge in [0, 0.05) is 12.7 Å². The Morgan fingerprint density at radius 1 is 1.16 bits per heavy atom. The third-order valence-corrected chi connectivity index (χ3v) is 3.47. The molecular formula is C15H14ClNO2. The highest BCUT2D eigenvalue weighted by Gasteiger charge is 2.17. The van der Waals surface area contributed by atoms with Gasteiger partial charge in [-0.1, -0.05) is 23.7 Å². The van der Waals surface area contributed by atoms with Gasteiger partial charge in [0.25, 0.3) is 5.91 Å². The number of nitrogens with zero attached hydrogens (tertiary/aromatic N) is 1. The third kappa shape index (κ3) is 2.71. The molecule has 1 N–H and O–H groups in total. The second kappa shape index (κ2) is 5.33.